The minimum absolute atomic E-state index is 0.0685. The smallest absolute Gasteiger partial charge is 0.243 e. The fourth-order valence-electron chi connectivity index (χ4n) is 3.43. The first-order valence-electron chi connectivity index (χ1n) is 9.64. The van der Waals surface area contributed by atoms with E-state index in [2.05, 4.69) is 0 Å². The zero-order chi connectivity index (χ0) is 21.7. The van der Waals surface area contributed by atoms with E-state index in [9.17, 15) is 22.4 Å². The number of carbonyl (C=O) groups excluding carboxylic acids is 2. The Bertz CT molecular complexity index is 989. The number of likely N-dealkylation sites (tertiary alicyclic amines) is 1. The minimum atomic E-state index is -3.95. The predicted molar refractivity (Wildman–Crippen MR) is 109 cm³/mol. The van der Waals surface area contributed by atoms with Gasteiger partial charge >= 0.3 is 0 Å². The Labute approximate surface area is 175 Å². The van der Waals surface area contributed by atoms with Crippen LogP contribution in [0.15, 0.2) is 59.5 Å². The van der Waals surface area contributed by atoms with E-state index in [0.29, 0.717) is 31.5 Å². The van der Waals surface area contributed by atoms with Crippen molar-refractivity contribution in [2.24, 2.45) is 11.7 Å². The van der Waals surface area contributed by atoms with Crippen LogP contribution in [0.25, 0.3) is 0 Å². The lowest BCUT2D eigenvalue weighted by molar-refractivity contribution is -0.135. The van der Waals surface area contributed by atoms with Gasteiger partial charge < -0.3 is 10.6 Å². The van der Waals surface area contributed by atoms with Crippen molar-refractivity contribution in [2.45, 2.75) is 24.3 Å². The van der Waals surface area contributed by atoms with Gasteiger partial charge in [0, 0.05) is 25.6 Å². The summed E-state index contributed by atoms with van der Waals surface area (Å²) >= 11 is 0. The quantitative estimate of drug-likeness (QED) is 0.719. The zero-order valence-corrected chi connectivity index (χ0v) is 17.2. The highest BCUT2D eigenvalue weighted by atomic mass is 32.2. The minimum Gasteiger partial charge on any atom is -0.369 e. The number of primary amides is 1. The summed E-state index contributed by atoms with van der Waals surface area (Å²) < 4.78 is 40.7. The first-order valence-corrected chi connectivity index (χ1v) is 11.1. The summed E-state index contributed by atoms with van der Waals surface area (Å²) in [6.07, 6.45) is 0.926. The van der Waals surface area contributed by atoms with Crippen LogP contribution in [-0.4, -0.2) is 49.1 Å². The van der Waals surface area contributed by atoms with Gasteiger partial charge in [0.25, 0.3) is 0 Å². The SMILES string of the molecule is NC(=O)C1CCN(C(=O)CN(Cc2ccc(F)cc2)S(=O)(=O)c2ccccc2)CC1. The molecule has 1 aliphatic heterocycles. The molecule has 0 radical (unpaired) electrons. The zero-order valence-electron chi connectivity index (χ0n) is 16.4. The third kappa shape index (κ3) is 5.22. The average molecular weight is 434 g/mol. The van der Waals surface area contributed by atoms with Crippen molar-refractivity contribution < 1.29 is 22.4 Å². The van der Waals surface area contributed by atoms with Gasteiger partial charge in [-0.2, -0.15) is 4.31 Å². The molecule has 0 saturated carbocycles. The van der Waals surface area contributed by atoms with Gasteiger partial charge in [-0.3, -0.25) is 9.59 Å². The molecule has 1 fully saturated rings. The fraction of sp³-hybridized carbons (Fsp3) is 0.333. The summed E-state index contributed by atoms with van der Waals surface area (Å²) in [6.45, 7) is 0.279. The number of carbonyl (C=O) groups is 2. The van der Waals surface area contributed by atoms with E-state index in [1.807, 2.05) is 0 Å². The van der Waals surface area contributed by atoms with Gasteiger partial charge in [-0.05, 0) is 42.7 Å². The molecule has 0 aromatic heterocycles. The molecule has 2 aromatic rings. The van der Waals surface area contributed by atoms with E-state index in [1.54, 1.807) is 23.1 Å². The number of hydrogen-bond donors (Lipinski definition) is 1. The van der Waals surface area contributed by atoms with Crippen LogP contribution in [0.3, 0.4) is 0 Å². The van der Waals surface area contributed by atoms with Gasteiger partial charge in [0.15, 0.2) is 0 Å². The molecule has 7 nitrogen and oxygen atoms in total. The molecule has 30 heavy (non-hydrogen) atoms. The highest BCUT2D eigenvalue weighted by Gasteiger charge is 2.31. The van der Waals surface area contributed by atoms with E-state index < -0.39 is 15.8 Å². The Balaban J connectivity index is 1.80. The van der Waals surface area contributed by atoms with Crippen molar-refractivity contribution in [1.82, 2.24) is 9.21 Å². The van der Waals surface area contributed by atoms with E-state index in [-0.39, 0.29) is 35.7 Å². The van der Waals surface area contributed by atoms with Crippen molar-refractivity contribution >= 4 is 21.8 Å². The third-order valence-corrected chi connectivity index (χ3v) is 7.02. The topological polar surface area (TPSA) is 101 Å². The first kappa shape index (κ1) is 21.9. The lowest BCUT2D eigenvalue weighted by atomic mass is 9.96. The lowest BCUT2D eigenvalue weighted by Crippen LogP contribution is -2.46. The van der Waals surface area contributed by atoms with E-state index >= 15 is 0 Å². The molecule has 3 rings (SSSR count). The number of halogens is 1. The Morgan fingerprint density at radius 1 is 1.03 bits per heavy atom. The van der Waals surface area contributed by atoms with Crippen LogP contribution < -0.4 is 5.73 Å². The molecule has 0 bridgehead atoms. The van der Waals surface area contributed by atoms with Gasteiger partial charge in [-0.15, -0.1) is 0 Å². The summed E-state index contributed by atoms with van der Waals surface area (Å²) in [5.41, 5.74) is 5.90. The summed E-state index contributed by atoms with van der Waals surface area (Å²) in [7, 11) is -3.95. The van der Waals surface area contributed by atoms with E-state index in [0.717, 1.165) is 4.31 Å². The number of benzene rings is 2. The maximum Gasteiger partial charge on any atom is 0.243 e. The van der Waals surface area contributed by atoms with Crippen molar-refractivity contribution in [3.8, 4) is 0 Å². The fourth-order valence-corrected chi connectivity index (χ4v) is 4.82. The number of rotatable bonds is 7. The Hall–Kier alpha value is -2.78. The second-order valence-electron chi connectivity index (χ2n) is 7.27. The molecular weight excluding hydrogens is 409 g/mol. The highest BCUT2D eigenvalue weighted by molar-refractivity contribution is 7.89. The lowest BCUT2D eigenvalue weighted by Gasteiger charge is -2.32. The standard InChI is InChI=1S/C21H24FN3O4S/c22-18-8-6-16(7-9-18)14-25(30(28,29)19-4-2-1-3-5-19)15-20(26)24-12-10-17(11-13-24)21(23)27/h1-9,17H,10-15H2,(H2,23,27). The monoisotopic (exact) mass is 433 g/mol. The predicted octanol–water partition coefficient (Wildman–Crippen LogP) is 1.74. The summed E-state index contributed by atoms with van der Waals surface area (Å²) in [6, 6.07) is 13.3. The number of amides is 2. The molecule has 0 unspecified atom stereocenters. The molecule has 2 amide bonds. The van der Waals surface area contributed by atoms with Gasteiger partial charge in [-0.1, -0.05) is 30.3 Å². The first-order chi connectivity index (χ1) is 14.3. The third-order valence-electron chi connectivity index (χ3n) is 5.21. The van der Waals surface area contributed by atoms with Crippen LogP contribution in [0.2, 0.25) is 0 Å². The summed E-state index contributed by atoms with van der Waals surface area (Å²) in [4.78, 5) is 25.8. The van der Waals surface area contributed by atoms with Gasteiger partial charge in [0.05, 0.1) is 11.4 Å². The highest BCUT2D eigenvalue weighted by Crippen LogP contribution is 2.21. The molecule has 1 saturated heterocycles. The second-order valence-corrected chi connectivity index (χ2v) is 9.21. The molecule has 0 aliphatic carbocycles. The number of nitrogens with two attached hydrogens (primary N) is 1. The molecule has 1 heterocycles. The van der Waals surface area contributed by atoms with Gasteiger partial charge in [0.2, 0.25) is 21.8 Å². The largest absolute Gasteiger partial charge is 0.369 e. The van der Waals surface area contributed by atoms with Crippen LogP contribution in [-0.2, 0) is 26.2 Å². The van der Waals surface area contributed by atoms with Crippen LogP contribution in [0, 0.1) is 11.7 Å². The van der Waals surface area contributed by atoms with Crippen LogP contribution in [0.5, 0.6) is 0 Å². The number of hydrogen-bond acceptors (Lipinski definition) is 4. The molecular formula is C21H24FN3O4S. The Kier molecular flexibility index (Phi) is 6.84. The van der Waals surface area contributed by atoms with E-state index in [4.69, 9.17) is 5.73 Å². The van der Waals surface area contributed by atoms with Crippen LogP contribution in [0.4, 0.5) is 4.39 Å². The number of piperidine rings is 1. The Morgan fingerprint density at radius 2 is 1.63 bits per heavy atom. The molecule has 2 aromatic carbocycles. The van der Waals surface area contributed by atoms with Crippen molar-refractivity contribution in [3.05, 3.63) is 66.0 Å². The maximum atomic E-state index is 13.2. The molecule has 1 aliphatic rings. The number of nitrogens with zero attached hydrogens (tertiary/aromatic N) is 2. The van der Waals surface area contributed by atoms with Crippen molar-refractivity contribution in [2.75, 3.05) is 19.6 Å². The van der Waals surface area contributed by atoms with Gasteiger partial charge in [-0.25, -0.2) is 12.8 Å². The maximum absolute atomic E-state index is 13.2. The molecule has 0 spiro atoms. The Morgan fingerprint density at radius 3 is 2.20 bits per heavy atom. The molecule has 2 N–H and O–H groups in total. The van der Waals surface area contributed by atoms with Crippen LogP contribution >= 0.6 is 0 Å². The van der Waals surface area contributed by atoms with Crippen molar-refractivity contribution in [3.63, 3.8) is 0 Å². The molecule has 160 valence electrons. The molecule has 9 heteroatoms. The normalized spacial score (nSPS) is 15.3. The van der Waals surface area contributed by atoms with Crippen LogP contribution in [0.1, 0.15) is 18.4 Å². The summed E-state index contributed by atoms with van der Waals surface area (Å²) in [5.74, 6) is -1.42. The van der Waals surface area contributed by atoms with Gasteiger partial charge in [0.1, 0.15) is 5.82 Å². The van der Waals surface area contributed by atoms with E-state index in [1.165, 1.54) is 36.4 Å². The molecule has 0 atom stereocenters. The summed E-state index contributed by atoms with van der Waals surface area (Å²) in [5, 5.41) is 0. The number of sulfonamides is 1. The average Bonchev–Trinajstić information content (AvgIpc) is 2.75. The van der Waals surface area contributed by atoms with Crippen molar-refractivity contribution in [1.29, 1.82) is 0 Å². The second kappa shape index (κ2) is 9.36.